The molecule has 1 aliphatic heterocycles. The van der Waals surface area contributed by atoms with Gasteiger partial charge in [-0.3, -0.25) is 9.59 Å². The van der Waals surface area contributed by atoms with Gasteiger partial charge in [0.2, 0.25) is 11.8 Å². The number of nitrogens with two attached hydrogens (primary N) is 2. The zero-order valence-corrected chi connectivity index (χ0v) is 24.7. The number of carbonyl (C=O) groups is 2. The van der Waals surface area contributed by atoms with Crippen molar-refractivity contribution in [3.8, 4) is 0 Å². The van der Waals surface area contributed by atoms with Crippen molar-refractivity contribution in [3.63, 3.8) is 0 Å². The summed E-state index contributed by atoms with van der Waals surface area (Å²) < 4.78 is 24.0. The lowest BCUT2D eigenvalue weighted by molar-refractivity contribution is -0.193. The number of nitrogens with zero attached hydrogens (tertiary/aromatic N) is 1. The lowest BCUT2D eigenvalue weighted by Gasteiger charge is -2.27. The van der Waals surface area contributed by atoms with Crippen molar-refractivity contribution in [2.75, 3.05) is 5.75 Å². The van der Waals surface area contributed by atoms with Gasteiger partial charge in [-0.15, -0.1) is 0 Å². The minimum absolute atomic E-state index is 0.0155. The van der Waals surface area contributed by atoms with E-state index in [1.54, 1.807) is 6.92 Å². The average molecular weight is 599 g/mol. The molecule has 1 saturated heterocycles. The summed E-state index contributed by atoms with van der Waals surface area (Å²) >= 11 is 0. The van der Waals surface area contributed by atoms with Gasteiger partial charge < -0.3 is 27.4 Å². The first-order valence-electron chi connectivity index (χ1n) is 13.4. The summed E-state index contributed by atoms with van der Waals surface area (Å²) in [6, 6.07) is 0.258. The highest BCUT2D eigenvalue weighted by Gasteiger charge is 2.54. The van der Waals surface area contributed by atoms with Gasteiger partial charge in [0.25, 0.3) is 0 Å². The second kappa shape index (κ2) is 16.0. The monoisotopic (exact) mass is 598 g/mol. The summed E-state index contributed by atoms with van der Waals surface area (Å²) in [7, 11) is -3.15. The normalized spacial score (nSPS) is 33.1. The molecule has 9 atom stereocenters. The maximum absolute atomic E-state index is 12.0. The van der Waals surface area contributed by atoms with Crippen molar-refractivity contribution in [3.05, 3.63) is 12.3 Å². The van der Waals surface area contributed by atoms with E-state index in [9.17, 15) is 18.0 Å². The third kappa shape index (κ3) is 10.1. The van der Waals surface area contributed by atoms with Crippen molar-refractivity contribution in [2.45, 2.75) is 89.2 Å². The van der Waals surface area contributed by atoms with Crippen LogP contribution in [0.5, 0.6) is 0 Å². The zero-order chi connectivity index (χ0) is 31.5. The van der Waals surface area contributed by atoms with E-state index in [0.717, 1.165) is 24.0 Å². The van der Waals surface area contributed by atoms with Gasteiger partial charge in [0.1, 0.15) is 0 Å². The van der Waals surface area contributed by atoms with Crippen LogP contribution in [0.1, 0.15) is 59.8 Å². The number of guanidine groups is 1. The van der Waals surface area contributed by atoms with Crippen molar-refractivity contribution in [1.29, 1.82) is 0 Å². The van der Waals surface area contributed by atoms with Gasteiger partial charge in [0.15, 0.2) is 15.8 Å². The van der Waals surface area contributed by atoms with Crippen LogP contribution in [0.15, 0.2) is 17.3 Å². The number of fused-ring (bicyclic) bond motifs is 2. The summed E-state index contributed by atoms with van der Waals surface area (Å²) in [5, 5.41) is 8.90. The molecule has 0 unspecified atom stereocenters. The van der Waals surface area contributed by atoms with E-state index >= 15 is 0 Å². The van der Waals surface area contributed by atoms with Crippen LogP contribution in [0.25, 0.3) is 0 Å². The maximum Gasteiger partial charge on any atom is 0.373 e. The van der Waals surface area contributed by atoms with Crippen LogP contribution >= 0.6 is 0 Å². The van der Waals surface area contributed by atoms with Crippen LogP contribution in [0.4, 0.5) is 0 Å². The number of carbonyl (C=O) groups excluding carboxylic acids is 6. The molecule has 14 nitrogen and oxygen atoms in total. The Morgan fingerprint density at radius 1 is 0.829 bits per heavy atom. The fourth-order valence-corrected chi connectivity index (χ4v) is 9.47. The number of hydrogen-bond acceptors (Lipinski definition) is 10. The van der Waals surface area contributed by atoms with Gasteiger partial charge in [-0.2, -0.15) is 19.2 Å². The predicted molar refractivity (Wildman–Crippen MR) is 147 cm³/mol. The number of nitrogens with one attached hydrogen (secondary N) is 3. The average Bonchev–Trinajstić information content (AvgIpc) is 3.54. The number of rotatable bonds is 5. The Kier molecular flexibility index (Phi) is 13.9. The molecule has 41 heavy (non-hydrogen) atoms. The highest BCUT2D eigenvalue weighted by molar-refractivity contribution is 7.92. The first-order chi connectivity index (χ1) is 19.1. The summed E-state index contributed by atoms with van der Waals surface area (Å²) in [5.41, 5.74) is 11.8. The van der Waals surface area contributed by atoms with Gasteiger partial charge in [-0.05, 0) is 50.9 Å². The van der Waals surface area contributed by atoms with E-state index in [0.29, 0.717) is 30.8 Å². The molecule has 1 heterocycles. The van der Waals surface area contributed by atoms with Crippen LogP contribution in [0.2, 0.25) is 0 Å². The molecule has 0 radical (unpaired) electrons. The van der Waals surface area contributed by atoms with E-state index in [1.807, 2.05) is 6.92 Å². The van der Waals surface area contributed by atoms with Crippen molar-refractivity contribution in [2.24, 2.45) is 40.1 Å². The van der Waals surface area contributed by atoms with E-state index in [1.165, 1.54) is 19.8 Å². The Morgan fingerprint density at radius 2 is 1.37 bits per heavy atom. The topological polar surface area (TPSA) is 237 Å². The van der Waals surface area contributed by atoms with E-state index in [-0.39, 0.29) is 53.8 Å². The molecule has 3 aliphatic carbocycles. The van der Waals surface area contributed by atoms with Gasteiger partial charge in [0.05, 0.1) is 17.0 Å². The molecule has 0 aromatic rings. The second-order valence-electron chi connectivity index (χ2n) is 11.0. The number of hydrogen-bond donors (Lipinski definition) is 5. The number of allylic oxidation sites excluding steroid dienone is 1. The largest absolute Gasteiger partial charge is 0.386 e. The molecule has 7 N–H and O–H groups in total. The summed E-state index contributed by atoms with van der Waals surface area (Å²) in [4.78, 5) is 59.0. The zero-order valence-electron chi connectivity index (χ0n) is 23.9. The number of amides is 2. The van der Waals surface area contributed by atoms with Gasteiger partial charge in [-0.1, -0.05) is 13.5 Å². The molecule has 15 heteroatoms. The molecule has 4 rings (SSSR count). The van der Waals surface area contributed by atoms with E-state index < -0.39 is 15.1 Å². The minimum atomic E-state index is -3.15. The molecule has 4 fully saturated rings. The molecular weight excluding hydrogens is 556 g/mol. The lowest BCUT2D eigenvalue weighted by atomic mass is 9.91. The van der Waals surface area contributed by atoms with Gasteiger partial charge >= 0.3 is 12.3 Å². The molecule has 2 amide bonds. The quantitative estimate of drug-likeness (QED) is 0.194. The van der Waals surface area contributed by atoms with Crippen molar-refractivity contribution >= 4 is 39.9 Å². The van der Waals surface area contributed by atoms with Crippen LogP contribution in [-0.2, 0) is 38.6 Å². The number of aliphatic imine (C=N–C) groups is 1. The second-order valence-corrected chi connectivity index (χ2v) is 13.3. The highest BCUT2D eigenvalue weighted by Crippen LogP contribution is 2.48. The molecular formula is C26H42N6O8S. The highest BCUT2D eigenvalue weighted by atomic mass is 32.2. The summed E-state index contributed by atoms with van der Waals surface area (Å²) in [5.74, 6) is 1.73. The molecule has 0 aromatic carbocycles. The molecule has 3 saturated carbocycles. The maximum atomic E-state index is 12.0. The first-order valence-corrected chi connectivity index (χ1v) is 15.1. The fourth-order valence-electron chi connectivity index (χ4n) is 7.07. The van der Waals surface area contributed by atoms with Gasteiger partial charge in [0, 0.05) is 49.5 Å². The third-order valence-electron chi connectivity index (χ3n) is 8.07. The Hall–Kier alpha value is -3.54. The smallest absolute Gasteiger partial charge is 0.373 e. The predicted octanol–water partition coefficient (Wildman–Crippen LogP) is -0.778. The van der Waals surface area contributed by atoms with E-state index in [4.69, 9.17) is 30.6 Å². The molecule has 4 aliphatic rings. The van der Waals surface area contributed by atoms with Crippen LogP contribution < -0.4 is 27.4 Å². The molecule has 0 aromatic heterocycles. The molecule has 0 bridgehead atoms. The Labute approximate surface area is 240 Å². The van der Waals surface area contributed by atoms with Crippen LogP contribution in [-0.4, -0.2) is 73.7 Å². The van der Waals surface area contributed by atoms with Crippen LogP contribution in [0, 0.1) is 23.7 Å². The standard InChI is InChI=1S/C14H24N2O.C10H18N4O3S.2CO2/c1-8(2)15-13-7-9(3)11-5-6-12(14(11)13)16-10(4)17;1-5(15)13-7-4-18(16,17)8-3-2-6(9(7)8)14-10(11)12;2*2-1-3/h9,11-15H,1,5-7H2,2-4H3,(H,16,17);6-9H,2-4H2,1H3,(H,13,15)(H4,11,12,14);;/t9-,11+,12-,13+,14-;6-,7+,8-,9-;;/m01../s1. The number of sulfone groups is 1. The Morgan fingerprint density at radius 3 is 1.85 bits per heavy atom. The summed E-state index contributed by atoms with van der Waals surface area (Å²) in [6.07, 6.45) is 5.30. The fraction of sp³-hybridized carbons (Fsp3) is 0.731. The molecule has 230 valence electrons. The first kappa shape index (κ1) is 35.5. The van der Waals surface area contributed by atoms with Crippen molar-refractivity contribution in [1.82, 2.24) is 16.0 Å². The Balaban J connectivity index is 0.000000345. The van der Waals surface area contributed by atoms with E-state index in [2.05, 4.69) is 34.4 Å². The summed E-state index contributed by atoms with van der Waals surface area (Å²) in [6.45, 7) is 11.3. The van der Waals surface area contributed by atoms with Gasteiger partial charge in [-0.25, -0.2) is 13.4 Å². The SMILES string of the molecule is C=C(C)N[C@@H]1C[C@H](C)[C@H]2CC[C@H](NC(C)=O)[C@H]21.CC(=O)N[C@H]1CS(=O)(=O)[C@@H]2CC[C@@H](N=C(N)N)[C@H]12.O=C=O.O=C=O. The third-order valence-corrected chi connectivity index (χ3v) is 10.4. The lowest BCUT2D eigenvalue weighted by Crippen LogP contribution is -2.44. The Bertz CT molecular complexity index is 1130. The minimum Gasteiger partial charge on any atom is -0.386 e. The molecule has 0 spiro atoms. The van der Waals surface area contributed by atoms with Crippen LogP contribution in [0.3, 0.4) is 0 Å². The van der Waals surface area contributed by atoms with Crippen molar-refractivity contribution < 1.29 is 37.2 Å².